The van der Waals surface area contributed by atoms with E-state index >= 15 is 0 Å². The molecule has 0 aliphatic rings. The molecular weight excluding hydrogens is 669 g/mol. The van der Waals surface area contributed by atoms with Gasteiger partial charge < -0.3 is 10.6 Å². The number of anilines is 2. The molecule has 242 valence electrons. The number of hydrogen-bond donors (Lipinski definition) is 3. The predicted octanol–water partition coefficient (Wildman–Crippen LogP) is 7.44. The molecule has 0 saturated heterocycles. The van der Waals surface area contributed by atoms with Gasteiger partial charge in [0.15, 0.2) is 0 Å². The number of aromatic nitrogens is 2. The van der Waals surface area contributed by atoms with Gasteiger partial charge in [0.1, 0.15) is 10.9 Å². The number of hydrogen-bond acceptors (Lipinski definition) is 10. The molecule has 0 radical (unpaired) electrons. The van der Waals surface area contributed by atoms with Crippen LogP contribution in [0.4, 0.5) is 16.5 Å². The van der Waals surface area contributed by atoms with Crippen molar-refractivity contribution >= 4 is 75.4 Å². The number of benzene rings is 4. The van der Waals surface area contributed by atoms with Crippen LogP contribution in [0, 0.1) is 10.1 Å². The van der Waals surface area contributed by atoms with E-state index in [4.69, 9.17) is 0 Å². The molecule has 14 heteroatoms. The molecule has 0 saturated carbocycles. The first-order valence-corrected chi connectivity index (χ1v) is 17.2. The summed E-state index contributed by atoms with van der Waals surface area (Å²) in [6, 6.07) is 30.3. The molecule has 1 atom stereocenters. The molecule has 1 unspecified atom stereocenters. The minimum atomic E-state index is -0.647. The summed E-state index contributed by atoms with van der Waals surface area (Å²) in [4.78, 5) is 55.8. The molecule has 1 heterocycles. The molecule has 0 aliphatic carbocycles. The van der Waals surface area contributed by atoms with Crippen molar-refractivity contribution in [1.29, 1.82) is 0 Å². The number of nitro groups is 1. The Kier molecular flexibility index (Phi) is 11.7. The number of thioether (sulfide) groups is 2. The molecule has 3 N–H and O–H groups in total. The second kappa shape index (κ2) is 16.5. The summed E-state index contributed by atoms with van der Waals surface area (Å²) in [5, 5.41) is 19.8. The Morgan fingerprint density at radius 1 is 0.917 bits per heavy atom. The van der Waals surface area contributed by atoms with Gasteiger partial charge in [-0.2, -0.15) is 9.36 Å². The van der Waals surface area contributed by atoms with Gasteiger partial charge in [-0.25, -0.2) is 0 Å². The van der Waals surface area contributed by atoms with Crippen LogP contribution in [0.1, 0.15) is 33.7 Å². The molecule has 5 aromatic rings. The predicted molar refractivity (Wildman–Crippen MR) is 190 cm³/mol. The SMILES string of the molecule is CCSc1nsc(NC(=O)C(Sc2cccc(NC(=O)/C(=C\c3ccc([N+](=O)[O-])cc3)NC(=O)c3ccccc3)c2)c2ccccc2)n1. The minimum Gasteiger partial charge on any atom is -0.321 e. The first-order valence-electron chi connectivity index (χ1n) is 14.5. The maximum atomic E-state index is 13.6. The molecular formula is C34H28N6O5S3. The molecule has 1 aromatic heterocycles. The second-order valence-electron chi connectivity index (χ2n) is 9.92. The van der Waals surface area contributed by atoms with E-state index in [0.717, 1.165) is 22.8 Å². The fourth-order valence-electron chi connectivity index (χ4n) is 4.30. The van der Waals surface area contributed by atoms with Gasteiger partial charge >= 0.3 is 0 Å². The van der Waals surface area contributed by atoms with Crippen molar-refractivity contribution in [3.63, 3.8) is 0 Å². The highest BCUT2D eigenvalue weighted by Gasteiger charge is 2.24. The number of nitro benzene ring substituents is 1. The lowest BCUT2D eigenvalue weighted by Crippen LogP contribution is -2.30. The fraction of sp³-hybridized carbons (Fsp3) is 0.0882. The van der Waals surface area contributed by atoms with Crippen molar-refractivity contribution in [3.8, 4) is 0 Å². The summed E-state index contributed by atoms with van der Waals surface area (Å²) in [5.74, 6) is -0.584. The topological polar surface area (TPSA) is 156 Å². The van der Waals surface area contributed by atoms with Gasteiger partial charge in [-0.3, -0.25) is 29.8 Å². The molecule has 48 heavy (non-hydrogen) atoms. The van der Waals surface area contributed by atoms with E-state index in [0.29, 0.717) is 32.0 Å². The summed E-state index contributed by atoms with van der Waals surface area (Å²) in [6.45, 7) is 2.00. The van der Waals surface area contributed by atoms with Gasteiger partial charge in [-0.05, 0) is 65.4 Å². The largest absolute Gasteiger partial charge is 0.321 e. The molecule has 11 nitrogen and oxygen atoms in total. The quantitative estimate of drug-likeness (QED) is 0.0493. The molecule has 4 aromatic carbocycles. The van der Waals surface area contributed by atoms with Crippen molar-refractivity contribution in [1.82, 2.24) is 14.7 Å². The highest BCUT2D eigenvalue weighted by Crippen LogP contribution is 2.37. The number of carbonyl (C=O) groups is 3. The Hall–Kier alpha value is -5.31. The highest BCUT2D eigenvalue weighted by atomic mass is 32.2. The zero-order chi connectivity index (χ0) is 33.9. The van der Waals surface area contributed by atoms with Crippen LogP contribution in [0.25, 0.3) is 6.08 Å². The third kappa shape index (κ3) is 9.37. The van der Waals surface area contributed by atoms with Gasteiger partial charge in [0.25, 0.3) is 17.5 Å². The van der Waals surface area contributed by atoms with Crippen LogP contribution in [0.2, 0.25) is 0 Å². The Labute approximate surface area is 288 Å². The lowest BCUT2D eigenvalue weighted by molar-refractivity contribution is -0.384. The fourth-order valence-corrected chi connectivity index (χ4v) is 6.66. The Balaban J connectivity index is 1.37. The molecule has 0 aliphatic heterocycles. The van der Waals surface area contributed by atoms with Crippen LogP contribution in [-0.4, -0.2) is 37.8 Å². The van der Waals surface area contributed by atoms with Crippen molar-refractivity contribution in [2.75, 3.05) is 16.4 Å². The van der Waals surface area contributed by atoms with E-state index in [1.54, 1.807) is 48.5 Å². The van der Waals surface area contributed by atoms with Crippen LogP contribution >= 0.6 is 35.1 Å². The first kappa shape index (κ1) is 34.0. The third-order valence-corrected chi connectivity index (χ3v) is 9.26. The maximum Gasteiger partial charge on any atom is 0.272 e. The number of carbonyl (C=O) groups excluding carboxylic acids is 3. The van der Waals surface area contributed by atoms with Crippen LogP contribution in [0.5, 0.6) is 0 Å². The van der Waals surface area contributed by atoms with E-state index in [1.165, 1.54) is 53.9 Å². The number of non-ortho nitro benzene ring substituents is 1. The van der Waals surface area contributed by atoms with Crippen LogP contribution in [-0.2, 0) is 9.59 Å². The Morgan fingerprint density at radius 2 is 1.62 bits per heavy atom. The van der Waals surface area contributed by atoms with E-state index in [1.807, 2.05) is 43.3 Å². The molecule has 0 bridgehead atoms. The summed E-state index contributed by atoms with van der Waals surface area (Å²) in [7, 11) is 0. The summed E-state index contributed by atoms with van der Waals surface area (Å²) in [5.41, 5.74) is 1.83. The summed E-state index contributed by atoms with van der Waals surface area (Å²) < 4.78 is 4.27. The molecule has 3 amide bonds. The third-order valence-electron chi connectivity index (χ3n) is 6.54. The molecule has 0 fully saturated rings. The van der Waals surface area contributed by atoms with Crippen LogP contribution in [0.3, 0.4) is 0 Å². The van der Waals surface area contributed by atoms with Gasteiger partial charge in [-0.1, -0.05) is 73.3 Å². The monoisotopic (exact) mass is 696 g/mol. The number of nitrogens with one attached hydrogen (secondary N) is 3. The van der Waals surface area contributed by atoms with Gasteiger partial charge in [0.05, 0.1) is 4.92 Å². The minimum absolute atomic E-state index is 0.0741. The second-order valence-corrected chi connectivity index (χ2v) is 13.1. The normalized spacial score (nSPS) is 11.7. The molecule has 5 rings (SSSR count). The van der Waals surface area contributed by atoms with Crippen LogP contribution < -0.4 is 16.0 Å². The lowest BCUT2D eigenvalue weighted by atomic mass is 10.1. The summed E-state index contributed by atoms with van der Waals surface area (Å²) in [6.07, 6.45) is 1.44. The van der Waals surface area contributed by atoms with E-state index < -0.39 is 22.0 Å². The molecule has 0 spiro atoms. The summed E-state index contributed by atoms with van der Waals surface area (Å²) >= 11 is 3.90. The average molecular weight is 697 g/mol. The zero-order valence-electron chi connectivity index (χ0n) is 25.4. The van der Waals surface area contributed by atoms with Crippen molar-refractivity contribution in [3.05, 3.63) is 142 Å². The highest BCUT2D eigenvalue weighted by molar-refractivity contribution is 8.00. The first-order chi connectivity index (χ1) is 23.3. The number of rotatable bonds is 13. The van der Waals surface area contributed by atoms with E-state index in [9.17, 15) is 24.5 Å². The number of nitrogens with zero attached hydrogens (tertiary/aromatic N) is 3. The average Bonchev–Trinajstić information content (AvgIpc) is 3.54. The van der Waals surface area contributed by atoms with E-state index in [-0.39, 0.29) is 17.3 Å². The van der Waals surface area contributed by atoms with Gasteiger partial charge in [0, 0.05) is 39.8 Å². The van der Waals surface area contributed by atoms with E-state index in [2.05, 4.69) is 25.3 Å². The van der Waals surface area contributed by atoms with Crippen molar-refractivity contribution in [2.24, 2.45) is 0 Å². The van der Waals surface area contributed by atoms with Crippen molar-refractivity contribution < 1.29 is 19.3 Å². The van der Waals surface area contributed by atoms with Crippen LogP contribution in [0.15, 0.2) is 125 Å². The van der Waals surface area contributed by atoms with Gasteiger partial charge in [-0.15, -0.1) is 11.8 Å². The van der Waals surface area contributed by atoms with Crippen molar-refractivity contribution in [2.45, 2.75) is 22.2 Å². The Morgan fingerprint density at radius 3 is 2.31 bits per heavy atom. The zero-order valence-corrected chi connectivity index (χ0v) is 27.8. The smallest absolute Gasteiger partial charge is 0.272 e. The Bertz CT molecular complexity index is 1940. The maximum absolute atomic E-state index is 13.6. The number of amides is 3. The van der Waals surface area contributed by atoms with Gasteiger partial charge in [0.2, 0.25) is 16.2 Å². The lowest BCUT2D eigenvalue weighted by Gasteiger charge is -2.17. The standard InChI is InChI=1S/C34H28N6O5S3/c1-2-46-34-38-33(48-39-34)37-32(43)29(23-10-5-3-6-11-23)47-27-15-9-14-25(21-27)35-31(42)28(36-30(41)24-12-7-4-8-13-24)20-22-16-18-26(19-17-22)40(44)45/h3-21,29H,2H2,1H3,(H,35,42)(H,36,41)(H,37,38,39,43)/b28-20+.